The summed E-state index contributed by atoms with van der Waals surface area (Å²) in [5, 5.41) is 17.5. The number of alkyl halides is 3. The Bertz CT molecular complexity index is 1390. The third-order valence-electron chi connectivity index (χ3n) is 5.86. The van der Waals surface area contributed by atoms with Crippen molar-refractivity contribution in [2.75, 3.05) is 0 Å². The Balaban J connectivity index is 1.65. The van der Waals surface area contributed by atoms with Crippen LogP contribution in [0, 0.1) is 6.92 Å². The first-order valence-electron chi connectivity index (χ1n) is 10.4. The highest BCUT2D eigenvalue weighted by Crippen LogP contribution is 2.34. The number of benzene rings is 2. The van der Waals surface area contributed by atoms with E-state index in [1.54, 1.807) is 49.5 Å². The van der Waals surface area contributed by atoms with E-state index in [0.29, 0.717) is 16.3 Å². The Morgan fingerprint density at radius 2 is 1.97 bits per heavy atom. The number of aryl methyl sites for hydroxylation is 1. The molecular weight excluding hydrogens is 469 g/mol. The van der Waals surface area contributed by atoms with Crippen molar-refractivity contribution in [2.24, 2.45) is 7.05 Å². The lowest BCUT2D eigenvalue weighted by atomic mass is 9.99. The zero-order valence-electron chi connectivity index (χ0n) is 18.6. The summed E-state index contributed by atoms with van der Waals surface area (Å²) in [5.74, 6) is -0.911. The molecule has 0 aliphatic rings. The van der Waals surface area contributed by atoms with Crippen molar-refractivity contribution in [1.29, 1.82) is 0 Å². The van der Waals surface area contributed by atoms with Gasteiger partial charge >= 0.3 is 6.18 Å². The first-order chi connectivity index (χ1) is 16.0. The number of phenolic OH excluding ortho intramolecular Hbond substituents is 1. The molecule has 2 aromatic heterocycles. The molecule has 2 aromatic carbocycles. The summed E-state index contributed by atoms with van der Waals surface area (Å²) in [6.45, 7) is 2.87. The second-order valence-corrected chi connectivity index (χ2v) is 8.58. The van der Waals surface area contributed by atoms with E-state index in [4.69, 9.17) is 11.6 Å². The van der Waals surface area contributed by atoms with E-state index < -0.39 is 17.8 Å². The van der Waals surface area contributed by atoms with Gasteiger partial charge in [-0.05, 0) is 55.8 Å². The summed E-state index contributed by atoms with van der Waals surface area (Å²) in [4.78, 5) is 13.0. The molecule has 0 fully saturated rings. The number of hydrogen-bond acceptors (Lipinski definition) is 3. The Morgan fingerprint density at radius 3 is 2.65 bits per heavy atom. The summed E-state index contributed by atoms with van der Waals surface area (Å²) in [7, 11) is 1.83. The average Bonchev–Trinajstić information content (AvgIpc) is 3.28. The normalized spacial score (nSPS) is 12.8. The zero-order chi connectivity index (χ0) is 24.8. The average molecular weight is 491 g/mol. The summed E-state index contributed by atoms with van der Waals surface area (Å²) in [6.07, 6.45) is -2.84. The van der Waals surface area contributed by atoms with Crippen molar-refractivity contribution < 1.29 is 23.1 Å². The molecule has 178 valence electrons. The fourth-order valence-electron chi connectivity index (χ4n) is 4.05. The first kappa shape index (κ1) is 23.7. The molecule has 1 atom stereocenters. The summed E-state index contributed by atoms with van der Waals surface area (Å²) < 4.78 is 43.7. The first-order valence-corrected chi connectivity index (χ1v) is 10.8. The smallest absolute Gasteiger partial charge is 0.435 e. The standard InChI is InChI=1S/C24H22ClF3N4O2/c1-13(19-12-31(3)20-8-7-17(33)10-18(19)20)23(34)29-11-21-14(2)22(24(26,27)28)30-32(21)16-6-4-5-15(25)9-16/h4-10,12-13,33H,11H2,1-3H3,(H,29,34). The molecular formula is C24H22ClF3N4O2. The number of fused-ring (bicyclic) bond motifs is 1. The van der Waals surface area contributed by atoms with Crippen LogP contribution in [0.25, 0.3) is 16.6 Å². The Morgan fingerprint density at radius 1 is 1.24 bits per heavy atom. The second-order valence-electron chi connectivity index (χ2n) is 8.15. The van der Waals surface area contributed by atoms with Crippen LogP contribution >= 0.6 is 11.6 Å². The van der Waals surface area contributed by atoms with Crippen LogP contribution in [-0.2, 0) is 24.6 Å². The SMILES string of the molecule is Cc1c(C(F)(F)F)nn(-c2cccc(Cl)c2)c1CNC(=O)C(C)c1cn(C)c2ccc(O)cc12. The topological polar surface area (TPSA) is 72.1 Å². The lowest BCUT2D eigenvalue weighted by molar-refractivity contribution is -0.141. The van der Waals surface area contributed by atoms with Crippen molar-refractivity contribution in [3.8, 4) is 11.4 Å². The van der Waals surface area contributed by atoms with Crippen molar-refractivity contribution >= 4 is 28.4 Å². The van der Waals surface area contributed by atoms with Gasteiger partial charge < -0.3 is 15.0 Å². The highest BCUT2D eigenvalue weighted by molar-refractivity contribution is 6.30. The van der Waals surface area contributed by atoms with E-state index in [9.17, 15) is 23.1 Å². The molecule has 34 heavy (non-hydrogen) atoms. The van der Waals surface area contributed by atoms with Crippen molar-refractivity contribution in [1.82, 2.24) is 19.7 Å². The lowest BCUT2D eigenvalue weighted by Crippen LogP contribution is -2.28. The van der Waals surface area contributed by atoms with Gasteiger partial charge in [0.2, 0.25) is 5.91 Å². The van der Waals surface area contributed by atoms with Gasteiger partial charge in [-0.25, -0.2) is 4.68 Å². The number of halogens is 4. The quantitative estimate of drug-likeness (QED) is 0.389. The molecule has 0 bridgehead atoms. The van der Waals surface area contributed by atoms with Gasteiger partial charge in [-0.3, -0.25) is 4.79 Å². The number of nitrogens with one attached hydrogen (secondary N) is 1. The number of aromatic nitrogens is 3. The van der Waals surface area contributed by atoms with E-state index in [1.807, 2.05) is 11.6 Å². The molecule has 0 saturated carbocycles. The summed E-state index contributed by atoms with van der Waals surface area (Å²) >= 11 is 6.03. The van der Waals surface area contributed by atoms with Gasteiger partial charge in [-0.2, -0.15) is 18.3 Å². The van der Waals surface area contributed by atoms with Crippen molar-refractivity contribution in [2.45, 2.75) is 32.5 Å². The monoisotopic (exact) mass is 490 g/mol. The van der Waals surface area contributed by atoms with Crippen molar-refractivity contribution in [3.63, 3.8) is 0 Å². The van der Waals surface area contributed by atoms with Gasteiger partial charge in [-0.1, -0.05) is 17.7 Å². The van der Waals surface area contributed by atoms with E-state index in [0.717, 1.165) is 15.6 Å². The van der Waals surface area contributed by atoms with Crippen LogP contribution in [-0.4, -0.2) is 25.4 Å². The summed E-state index contributed by atoms with van der Waals surface area (Å²) in [5.41, 5.74) is 1.00. The molecule has 1 unspecified atom stereocenters. The van der Waals surface area contributed by atoms with Crippen molar-refractivity contribution in [3.05, 3.63) is 76.2 Å². The van der Waals surface area contributed by atoms with E-state index in [-0.39, 0.29) is 29.5 Å². The minimum atomic E-state index is -4.65. The molecule has 0 aliphatic heterocycles. The number of nitrogens with zero attached hydrogens (tertiary/aromatic N) is 3. The molecule has 1 amide bonds. The molecule has 4 rings (SSSR count). The second kappa shape index (κ2) is 8.72. The molecule has 2 N–H and O–H groups in total. The minimum Gasteiger partial charge on any atom is -0.508 e. The summed E-state index contributed by atoms with van der Waals surface area (Å²) in [6, 6.07) is 11.2. The molecule has 4 aromatic rings. The predicted octanol–water partition coefficient (Wildman–Crippen LogP) is 5.47. The Hall–Kier alpha value is -3.46. The van der Waals surface area contributed by atoms with Gasteiger partial charge in [0.1, 0.15) is 5.75 Å². The number of phenols is 1. The third-order valence-corrected chi connectivity index (χ3v) is 6.09. The molecule has 0 saturated heterocycles. The largest absolute Gasteiger partial charge is 0.508 e. The van der Waals surface area contributed by atoms with Gasteiger partial charge in [-0.15, -0.1) is 0 Å². The highest BCUT2D eigenvalue weighted by Gasteiger charge is 2.38. The third kappa shape index (κ3) is 4.35. The van der Waals surface area contributed by atoms with Gasteiger partial charge in [0.25, 0.3) is 0 Å². The lowest BCUT2D eigenvalue weighted by Gasteiger charge is -2.14. The maximum absolute atomic E-state index is 13.6. The zero-order valence-corrected chi connectivity index (χ0v) is 19.4. The van der Waals surface area contributed by atoms with Gasteiger partial charge in [0.15, 0.2) is 5.69 Å². The molecule has 0 radical (unpaired) electrons. The number of hydrogen-bond donors (Lipinski definition) is 2. The fourth-order valence-corrected chi connectivity index (χ4v) is 4.23. The maximum atomic E-state index is 13.6. The Labute approximate surface area is 198 Å². The highest BCUT2D eigenvalue weighted by atomic mass is 35.5. The fraction of sp³-hybridized carbons (Fsp3) is 0.250. The van der Waals surface area contributed by atoms with E-state index >= 15 is 0 Å². The molecule has 10 heteroatoms. The Kier molecular flexibility index (Phi) is 6.07. The van der Waals surface area contributed by atoms with Crippen LogP contribution in [0.2, 0.25) is 5.02 Å². The van der Waals surface area contributed by atoms with Crippen LogP contribution in [0.15, 0.2) is 48.7 Å². The minimum absolute atomic E-state index is 0.0736. The number of carbonyl (C=O) groups excluding carboxylic acids is 1. The van der Waals surface area contributed by atoms with Gasteiger partial charge in [0.05, 0.1) is 23.8 Å². The molecule has 0 spiro atoms. The molecule has 0 aliphatic carbocycles. The predicted molar refractivity (Wildman–Crippen MR) is 123 cm³/mol. The van der Waals surface area contributed by atoms with Crippen LogP contribution in [0.4, 0.5) is 13.2 Å². The molecule has 6 nitrogen and oxygen atoms in total. The number of carbonyl (C=O) groups is 1. The van der Waals surface area contributed by atoms with Crippen LogP contribution in [0.1, 0.15) is 35.4 Å². The maximum Gasteiger partial charge on any atom is 0.435 e. The molecule has 2 heterocycles. The number of rotatable bonds is 5. The van der Waals surface area contributed by atoms with Crippen LogP contribution in [0.3, 0.4) is 0 Å². The van der Waals surface area contributed by atoms with Crippen LogP contribution < -0.4 is 5.32 Å². The van der Waals surface area contributed by atoms with E-state index in [1.165, 1.54) is 13.0 Å². The van der Waals surface area contributed by atoms with E-state index in [2.05, 4.69) is 10.4 Å². The number of amides is 1. The number of aromatic hydroxyl groups is 1. The van der Waals surface area contributed by atoms with Gasteiger partial charge in [0, 0.05) is 34.7 Å². The van der Waals surface area contributed by atoms with Crippen LogP contribution in [0.5, 0.6) is 5.75 Å².